The van der Waals surface area contributed by atoms with Crippen molar-refractivity contribution in [3.8, 4) is 0 Å². The topological polar surface area (TPSA) is 87.3 Å². The van der Waals surface area contributed by atoms with Gasteiger partial charge in [0.2, 0.25) is 11.8 Å². The monoisotopic (exact) mass is 341 g/mol. The van der Waals surface area contributed by atoms with Gasteiger partial charge in [0.25, 0.3) is 5.91 Å². The maximum atomic E-state index is 12.7. The number of nitrogens with one attached hydrogen (secondary N) is 3. The number of carbonyl (C=O) groups is 3. The first-order valence-corrected chi connectivity index (χ1v) is 8.92. The zero-order chi connectivity index (χ0) is 17.8. The lowest BCUT2D eigenvalue weighted by Gasteiger charge is -2.33. The van der Waals surface area contributed by atoms with Gasteiger partial charge >= 0.3 is 0 Å². The summed E-state index contributed by atoms with van der Waals surface area (Å²) >= 11 is 0. The molecule has 1 aliphatic carbocycles. The second kappa shape index (κ2) is 5.58. The van der Waals surface area contributed by atoms with Gasteiger partial charge in [-0.15, -0.1) is 0 Å². The summed E-state index contributed by atoms with van der Waals surface area (Å²) in [4.78, 5) is 36.4. The molecular weight excluding hydrogens is 318 g/mol. The molecule has 4 rings (SSSR count). The van der Waals surface area contributed by atoms with Crippen LogP contribution in [0.2, 0.25) is 0 Å². The van der Waals surface area contributed by atoms with Crippen molar-refractivity contribution in [1.29, 1.82) is 0 Å². The van der Waals surface area contributed by atoms with Crippen LogP contribution in [0.25, 0.3) is 0 Å². The van der Waals surface area contributed by atoms with Crippen molar-refractivity contribution < 1.29 is 14.4 Å². The third-order valence-electron chi connectivity index (χ3n) is 5.66. The predicted molar refractivity (Wildman–Crippen MR) is 93.2 cm³/mol. The van der Waals surface area contributed by atoms with Crippen LogP contribution < -0.4 is 16.0 Å². The molecule has 3 N–H and O–H groups in total. The van der Waals surface area contributed by atoms with E-state index in [0.717, 1.165) is 18.4 Å². The predicted octanol–water partition coefficient (Wildman–Crippen LogP) is 1.70. The van der Waals surface area contributed by atoms with Crippen LogP contribution in [0, 0.1) is 5.92 Å². The van der Waals surface area contributed by atoms with Gasteiger partial charge in [-0.3, -0.25) is 14.4 Å². The van der Waals surface area contributed by atoms with Gasteiger partial charge < -0.3 is 16.0 Å². The first-order valence-electron chi connectivity index (χ1n) is 8.92. The average molecular weight is 341 g/mol. The Morgan fingerprint density at radius 1 is 1.20 bits per heavy atom. The van der Waals surface area contributed by atoms with Gasteiger partial charge in [-0.05, 0) is 56.7 Å². The minimum absolute atomic E-state index is 0.0306. The second-order valence-electron chi connectivity index (χ2n) is 7.89. The van der Waals surface area contributed by atoms with E-state index in [2.05, 4.69) is 16.0 Å². The first-order chi connectivity index (χ1) is 11.9. The van der Waals surface area contributed by atoms with E-state index < -0.39 is 5.41 Å². The fraction of sp³-hybridized carbons (Fsp3) is 0.526. The molecule has 3 amide bonds. The Balaban J connectivity index is 1.51. The Morgan fingerprint density at radius 3 is 2.68 bits per heavy atom. The highest BCUT2D eigenvalue weighted by atomic mass is 16.2. The number of carbonyl (C=O) groups excluding carboxylic acids is 3. The summed E-state index contributed by atoms with van der Waals surface area (Å²) < 4.78 is 0. The molecule has 2 aliphatic heterocycles. The summed E-state index contributed by atoms with van der Waals surface area (Å²) in [7, 11) is 0. The Morgan fingerprint density at radius 2 is 1.96 bits per heavy atom. The van der Waals surface area contributed by atoms with Crippen molar-refractivity contribution in [3.63, 3.8) is 0 Å². The molecule has 2 atom stereocenters. The largest absolute Gasteiger partial charge is 0.351 e. The van der Waals surface area contributed by atoms with E-state index in [1.165, 1.54) is 0 Å². The summed E-state index contributed by atoms with van der Waals surface area (Å²) in [5, 5.41) is 8.97. The van der Waals surface area contributed by atoms with Gasteiger partial charge in [0.05, 0.1) is 17.5 Å². The number of amides is 3. The molecule has 1 aromatic rings. The molecule has 0 aromatic heterocycles. The van der Waals surface area contributed by atoms with E-state index in [-0.39, 0.29) is 29.8 Å². The average Bonchev–Trinajstić information content (AvgIpc) is 3.37. The summed E-state index contributed by atoms with van der Waals surface area (Å²) in [6.45, 7) is 3.75. The van der Waals surface area contributed by atoms with E-state index in [4.69, 9.17) is 0 Å². The standard InChI is InChI=1S/C19H23N3O3/c1-19(2)12-6-5-11(9-14(12)21-18(19)25)17(24)20-13-7-8-15(23)22-16(13)10-3-4-10/h5-6,9-10,13,16H,3-4,7-8H2,1-2H3,(H,20,24)(H,21,25)(H,22,23)/t13-,16+/m1/s1. The molecule has 1 saturated carbocycles. The number of benzene rings is 1. The lowest BCUT2D eigenvalue weighted by molar-refractivity contribution is -0.124. The van der Waals surface area contributed by atoms with Crippen molar-refractivity contribution in [1.82, 2.24) is 10.6 Å². The first kappa shape index (κ1) is 16.1. The quantitative estimate of drug-likeness (QED) is 0.782. The summed E-state index contributed by atoms with van der Waals surface area (Å²) in [5.74, 6) is 0.344. The molecule has 1 saturated heterocycles. The smallest absolute Gasteiger partial charge is 0.251 e. The summed E-state index contributed by atoms with van der Waals surface area (Å²) in [5.41, 5.74) is 1.58. The molecule has 1 aromatic carbocycles. The van der Waals surface area contributed by atoms with E-state index in [0.29, 0.717) is 30.0 Å². The van der Waals surface area contributed by atoms with Gasteiger partial charge in [-0.2, -0.15) is 0 Å². The Bertz CT molecular complexity index is 767. The number of hydrogen-bond acceptors (Lipinski definition) is 3. The van der Waals surface area contributed by atoms with Crippen LogP contribution in [0.15, 0.2) is 18.2 Å². The van der Waals surface area contributed by atoms with Crippen LogP contribution in [0.4, 0.5) is 5.69 Å². The molecule has 0 bridgehead atoms. The molecule has 2 fully saturated rings. The molecule has 3 aliphatic rings. The normalized spacial score (nSPS) is 27.3. The van der Waals surface area contributed by atoms with Crippen molar-refractivity contribution in [2.45, 2.75) is 57.0 Å². The van der Waals surface area contributed by atoms with Gasteiger partial charge in [0.1, 0.15) is 0 Å². The lowest BCUT2D eigenvalue weighted by Crippen LogP contribution is -2.56. The molecule has 132 valence electrons. The van der Waals surface area contributed by atoms with Crippen molar-refractivity contribution in [3.05, 3.63) is 29.3 Å². The molecular formula is C19H23N3O3. The molecule has 25 heavy (non-hydrogen) atoms. The van der Waals surface area contributed by atoms with Gasteiger partial charge in [-0.1, -0.05) is 6.07 Å². The zero-order valence-electron chi connectivity index (χ0n) is 14.5. The van der Waals surface area contributed by atoms with Crippen LogP contribution in [0.5, 0.6) is 0 Å². The maximum Gasteiger partial charge on any atom is 0.251 e. The number of fused-ring (bicyclic) bond motifs is 1. The highest BCUT2D eigenvalue weighted by Gasteiger charge is 2.41. The van der Waals surface area contributed by atoms with Crippen LogP contribution in [-0.4, -0.2) is 29.8 Å². The van der Waals surface area contributed by atoms with Crippen molar-refractivity contribution >= 4 is 23.4 Å². The number of piperidine rings is 1. The van der Waals surface area contributed by atoms with Crippen LogP contribution in [0.3, 0.4) is 0 Å². The van der Waals surface area contributed by atoms with Crippen LogP contribution in [-0.2, 0) is 15.0 Å². The molecule has 0 radical (unpaired) electrons. The van der Waals surface area contributed by atoms with Crippen LogP contribution in [0.1, 0.15) is 55.5 Å². The molecule has 0 spiro atoms. The molecule has 6 heteroatoms. The number of hydrogen-bond donors (Lipinski definition) is 3. The third-order valence-corrected chi connectivity index (χ3v) is 5.66. The van der Waals surface area contributed by atoms with E-state index in [9.17, 15) is 14.4 Å². The van der Waals surface area contributed by atoms with E-state index in [1.54, 1.807) is 12.1 Å². The van der Waals surface area contributed by atoms with E-state index in [1.807, 2.05) is 19.9 Å². The van der Waals surface area contributed by atoms with E-state index >= 15 is 0 Å². The number of rotatable bonds is 3. The SMILES string of the molecule is CC1(C)C(=O)Nc2cc(C(=O)N[C@@H]3CCC(=O)N[C@H]3C3CC3)ccc21. The van der Waals surface area contributed by atoms with Crippen LogP contribution >= 0.6 is 0 Å². The third kappa shape index (κ3) is 2.79. The fourth-order valence-corrected chi connectivity index (χ4v) is 3.87. The Kier molecular flexibility index (Phi) is 3.60. The summed E-state index contributed by atoms with van der Waals surface area (Å²) in [6, 6.07) is 5.37. The molecule has 6 nitrogen and oxygen atoms in total. The summed E-state index contributed by atoms with van der Waals surface area (Å²) in [6.07, 6.45) is 3.34. The van der Waals surface area contributed by atoms with Gasteiger partial charge in [0.15, 0.2) is 0 Å². The Hall–Kier alpha value is -2.37. The Labute approximate surface area is 146 Å². The van der Waals surface area contributed by atoms with Crippen molar-refractivity contribution in [2.75, 3.05) is 5.32 Å². The number of anilines is 1. The van der Waals surface area contributed by atoms with Gasteiger partial charge in [0, 0.05) is 17.7 Å². The lowest BCUT2D eigenvalue weighted by atomic mass is 9.86. The molecule has 0 unspecified atom stereocenters. The fourth-order valence-electron chi connectivity index (χ4n) is 3.87. The maximum absolute atomic E-state index is 12.7. The highest BCUT2D eigenvalue weighted by molar-refractivity contribution is 6.07. The molecule has 2 heterocycles. The second-order valence-corrected chi connectivity index (χ2v) is 7.89. The highest BCUT2D eigenvalue weighted by Crippen LogP contribution is 2.38. The minimum Gasteiger partial charge on any atom is -0.351 e. The van der Waals surface area contributed by atoms with Gasteiger partial charge in [-0.25, -0.2) is 0 Å². The van der Waals surface area contributed by atoms with Crippen molar-refractivity contribution in [2.24, 2.45) is 5.92 Å². The minimum atomic E-state index is -0.574. The zero-order valence-corrected chi connectivity index (χ0v) is 14.5.